The Morgan fingerprint density at radius 2 is 2.29 bits per heavy atom. The molecule has 0 radical (unpaired) electrons. The first-order valence-electron chi connectivity index (χ1n) is 6.09. The maximum absolute atomic E-state index is 9.24. The molecule has 0 spiro atoms. The van der Waals surface area contributed by atoms with Crippen molar-refractivity contribution in [2.45, 2.75) is 32.2 Å². The zero-order chi connectivity index (χ0) is 12.4. The van der Waals surface area contributed by atoms with E-state index in [-0.39, 0.29) is 0 Å². The van der Waals surface area contributed by atoms with Crippen LogP contribution >= 0.6 is 0 Å². The number of aromatic nitrogens is 2. The molecule has 1 unspecified atom stereocenters. The van der Waals surface area contributed by atoms with Crippen LogP contribution in [0.2, 0.25) is 0 Å². The van der Waals surface area contributed by atoms with E-state index in [1.54, 1.807) is 0 Å². The summed E-state index contributed by atoms with van der Waals surface area (Å²) in [4.78, 5) is 2.25. The maximum Gasteiger partial charge on any atom is 0.145 e. The molecule has 5 heteroatoms. The highest BCUT2D eigenvalue weighted by atomic mass is 15.4. The summed E-state index contributed by atoms with van der Waals surface area (Å²) in [7, 11) is 1.89. The molecule has 1 atom stereocenters. The van der Waals surface area contributed by atoms with Gasteiger partial charge in [-0.05, 0) is 26.2 Å². The molecule has 2 heterocycles. The predicted octanol–water partition coefficient (Wildman–Crippen LogP) is 0.918. The van der Waals surface area contributed by atoms with Gasteiger partial charge in [-0.2, -0.15) is 10.4 Å². The topological polar surface area (TPSA) is 70.9 Å². The van der Waals surface area contributed by atoms with Crippen molar-refractivity contribution >= 4 is 5.82 Å². The molecular weight excluding hydrogens is 214 g/mol. The molecule has 92 valence electrons. The van der Waals surface area contributed by atoms with Crippen LogP contribution < -0.4 is 10.6 Å². The molecule has 0 aliphatic carbocycles. The lowest BCUT2D eigenvalue weighted by molar-refractivity contribution is 0.455. The number of rotatable bonds is 2. The smallest absolute Gasteiger partial charge is 0.145 e. The molecule has 1 aromatic rings. The van der Waals surface area contributed by atoms with E-state index in [2.05, 4.69) is 16.1 Å². The van der Waals surface area contributed by atoms with Crippen LogP contribution in [0.3, 0.4) is 0 Å². The van der Waals surface area contributed by atoms with Crippen LogP contribution in [0.5, 0.6) is 0 Å². The highest BCUT2D eigenvalue weighted by Crippen LogP contribution is 2.28. The quantitative estimate of drug-likeness (QED) is 0.824. The number of anilines is 1. The summed E-state index contributed by atoms with van der Waals surface area (Å²) >= 11 is 0. The van der Waals surface area contributed by atoms with Crippen molar-refractivity contribution in [3.63, 3.8) is 0 Å². The first-order valence-corrected chi connectivity index (χ1v) is 6.09. The van der Waals surface area contributed by atoms with Crippen molar-refractivity contribution in [2.24, 2.45) is 12.8 Å². The van der Waals surface area contributed by atoms with Crippen LogP contribution in [0, 0.1) is 18.3 Å². The Balaban J connectivity index is 2.41. The minimum atomic E-state index is 0.339. The lowest BCUT2D eigenvalue weighted by atomic mass is 10.0. The third-order valence-electron chi connectivity index (χ3n) is 3.48. The van der Waals surface area contributed by atoms with Crippen molar-refractivity contribution in [2.75, 3.05) is 18.0 Å². The minimum absolute atomic E-state index is 0.339. The zero-order valence-corrected chi connectivity index (χ0v) is 10.5. The third kappa shape index (κ3) is 2.01. The number of nitrogens with zero attached hydrogens (tertiary/aromatic N) is 4. The van der Waals surface area contributed by atoms with Gasteiger partial charge in [-0.1, -0.05) is 0 Å². The van der Waals surface area contributed by atoms with E-state index in [1.165, 1.54) is 6.42 Å². The highest BCUT2D eigenvalue weighted by Gasteiger charge is 2.27. The largest absolute Gasteiger partial charge is 0.351 e. The van der Waals surface area contributed by atoms with E-state index in [0.717, 1.165) is 30.9 Å². The number of hydrogen-bond donors (Lipinski definition) is 1. The van der Waals surface area contributed by atoms with Gasteiger partial charge in [-0.3, -0.25) is 4.68 Å². The molecule has 1 aliphatic rings. The molecule has 1 fully saturated rings. The maximum atomic E-state index is 9.24. The second-order valence-electron chi connectivity index (χ2n) is 4.60. The number of piperidine rings is 1. The molecule has 1 saturated heterocycles. The van der Waals surface area contributed by atoms with Gasteiger partial charge < -0.3 is 10.6 Å². The molecule has 0 amide bonds. The summed E-state index contributed by atoms with van der Waals surface area (Å²) in [5, 5.41) is 13.6. The van der Waals surface area contributed by atoms with Crippen LogP contribution in [-0.2, 0) is 7.05 Å². The number of hydrogen-bond acceptors (Lipinski definition) is 4. The summed E-state index contributed by atoms with van der Waals surface area (Å²) in [6, 6.07) is 2.60. The molecule has 0 aromatic carbocycles. The summed E-state index contributed by atoms with van der Waals surface area (Å²) in [5.41, 5.74) is 7.31. The molecular formula is C12H19N5. The predicted molar refractivity (Wildman–Crippen MR) is 66.7 cm³/mol. The van der Waals surface area contributed by atoms with Gasteiger partial charge in [-0.15, -0.1) is 0 Å². The van der Waals surface area contributed by atoms with Gasteiger partial charge in [0, 0.05) is 26.2 Å². The van der Waals surface area contributed by atoms with Gasteiger partial charge in [0.25, 0.3) is 0 Å². The Hall–Kier alpha value is -1.54. The van der Waals surface area contributed by atoms with Gasteiger partial charge in [0.15, 0.2) is 0 Å². The average Bonchev–Trinajstić information content (AvgIpc) is 2.63. The molecule has 2 N–H and O–H groups in total. The van der Waals surface area contributed by atoms with E-state index in [4.69, 9.17) is 5.73 Å². The Bertz CT molecular complexity index is 442. The number of nitrogens with two attached hydrogens (primary N) is 1. The van der Waals surface area contributed by atoms with Gasteiger partial charge in [0.1, 0.15) is 17.5 Å². The Morgan fingerprint density at radius 1 is 1.53 bits per heavy atom. The lowest BCUT2D eigenvalue weighted by Crippen LogP contribution is -2.45. The Morgan fingerprint density at radius 3 is 2.94 bits per heavy atom. The van der Waals surface area contributed by atoms with Gasteiger partial charge in [0.2, 0.25) is 0 Å². The Kier molecular flexibility index (Phi) is 3.34. The van der Waals surface area contributed by atoms with Gasteiger partial charge >= 0.3 is 0 Å². The third-order valence-corrected chi connectivity index (χ3v) is 3.48. The van der Waals surface area contributed by atoms with E-state index >= 15 is 0 Å². The van der Waals surface area contributed by atoms with Crippen LogP contribution in [0.15, 0.2) is 0 Å². The standard InChI is InChI=1S/C12H19N5/c1-9-11(8-14)12(16(2)15-9)17-6-4-3-5-10(17)7-13/h10H,3-7,13H2,1-2H3. The molecule has 17 heavy (non-hydrogen) atoms. The van der Waals surface area contributed by atoms with Gasteiger partial charge in [0.05, 0.1) is 5.69 Å². The molecule has 1 aromatic heterocycles. The van der Waals surface area contributed by atoms with E-state index < -0.39 is 0 Å². The van der Waals surface area contributed by atoms with E-state index in [0.29, 0.717) is 18.2 Å². The van der Waals surface area contributed by atoms with Crippen LogP contribution in [0.4, 0.5) is 5.82 Å². The Labute approximate surface area is 102 Å². The van der Waals surface area contributed by atoms with Gasteiger partial charge in [-0.25, -0.2) is 0 Å². The lowest BCUT2D eigenvalue weighted by Gasteiger charge is -2.36. The van der Waals surface area contributed by atoms with Crippen LogP contribution in [-0.4, -0.2) is 28.9 Å². The summed E-state index contributed by atoms with van der Waals surface area (Å²) in [5.74, 6) is 0.931. The van der Waals surface area contributed by atoms with E-state index in [9.17, 15) is 5.26 Å². The fourth-order valence-electron chi connectivity index (χ4n) is 2.63. The molecule has 1 aliphatic heterocycles. The normalized spacial score (nSPS) is 20.4. The van der Waals surface area contributed by atoms with E-state index in [1.807, 2.05) is 18.7 Å². The zero-order valence-electron chi connectivity index (χ0n) is 10.5. The highest BCUT2D eigenvalue weighted by molar-refractivity contribution is 5.57. The monoisotopic (exact) mass is 233 g/mol. The minimum Gasteiger partial charge on any atom is -0.351 e. The second-order valence-corrected chi connectivity index (χ2v) is 4.60. The second kappa shape index (κ2) is 4.76. The van der Waals surface area contributed by atoms with Crippen molar-refractivity contribution in [1.82, 2.24) is 9.78 Å². The van der Waals surface area contributed by atoms with Crippen LogP contribution in [0.25, 0.3) is 0 Å². The van der Waals surface area contributed by atoms with Crippen molar-refractivity contribution < 1.29 is 0 Å². The first-order chi connectivity index (χ1) is 8.19. The molecule has 0 saturated carbocycles. The number of nitriles is 1. The van der Waals surface area contributed by atoms with Crippen molar-refractivity contribution in [3.8, 4) is 6.07 Å². The fraction of sp³-hybridized carbons (Fsp3) is 0.667. The summed E-state index contributed by atoms with van der Waals surface area (Å²) in [6.45, 7) is 3.48. The molecule has 2 rings (SSSR count). The van der Waals surface area contributed by atoms with Crippen molar-refractivity contribution in [1.29, 1.82) is 5.26 Å². The summed E-state index contributed by atoms with van der Waals surface area (Å²) in [6.07, 6.45) is 3.48. The van der Waals surface area contributed by atoms with Crippen LogP contribution in [0.1, 0.15) is 30.5 Å². The SMILES string of the molecule is Cc1nn(C)c(N2CCCCC2CN)c1C#N. The molecule has 0 bridgehead atoms. The van der Waals surface area contributed by atoms with Crippen molar-refractivity contribution in [3.05, 3.63) is 11.3 Å². The fourth-order valence-corrected chi connectivity index (χ4v) is 2.63. The average molecular weight is 233 g/mol. The first kappa shape index (κ1) is 11.9. The molecule has 5 nitrogen and oxygen atoms in total. The summed E-state index contributed by atoms with van der Waals surface area (Å²) < 4.78 is 1.81. The number of aryl methyl sites for hydroxylation is 2.